The second-order valence-corrected chi connectivity index (χ2v) is 16.7. The van der Waals surface area contributed by atoms with Gasteiger partial charge in [0, 0.05) is 54.3 Å². The number of hydrogen-bond donors (Lipinski definition) is 2. The lowest BCUT2D eigenvalue weighted by Crippen LogP contribution is -2.74. The number of fused-ring (bicyclic) bond motifs is 1. The van der Waals surface area contributed by atoms with Crippen LogP contribution in [0.1, 0.15) is 102 Å². The van der Waals surface area contributed by atoms with Gasteiger partial charge >= 0.3 is 0 Å². The van der Waals surface area contributed by atoms with E-state index in [1.807, 2.05) is 12.1 Å². The fraction of sp³-hybridized carbons (Fsp3) is 0.452. The number of piperidine rings is 1. The van der Waals surface area contributed by atoms with E-state index in [4.69, 9.17) is 21.1 Å². The number of carbonyl (C=O) groups excluding carboxylic acids is 5. The third-order valence-corrected chi connectivity index (χ3v) is 11.9. The highest BCUT2D eigenvalue weighted by Gasteiger charge is 2.64. The largest absolute Gasteiger partial charge is 0.489 e. The van der Waals surface area contributed by atoms with Crippen LogP contribution in [0.3, 0.4) is 0 Å². The van der Waals surface area contributed by atoms with E-state index in [2.05, 4.69) is 54.3 Å². The minimum Gasteiger partial charge on any atom is -0.489 e. The number of benzene rings is 2. The minimum atomic E-state index is -1.00. The molecule has 13 nitrogen and oxygen atoms in total. The summed E-state index contributed by atoms with van der Waals surface area (Å²) in [5.41, 5.74) is 1.53. The first-order valence-corrected chi connectivity index (χ1v) is 19.4. The lowest BCUT2D eigenvalue weighted by molar-refractivity contribution is -0.164. The lowest BCUT2D eigenvalue weighted by Gasteiger charge is -2.63. The first-order valence-electron chi connectivity index (χ1n) is 19.0. The molecular formula is C42H45ClN6O7. The zero-order valence-corrected chi connectivity index (χ0v) is 32.7. The first kappa shape index (κ1) is 38.9. The topological polar surface area (TPSA) is 171 Å². The van der Waals surface area contributed by atoms with E-state index in [0.29, 0.717) is 27.6 Å². The van der Waals surface area contributed by atoms with Crippen LogP contribution in [0.15, 0.2) is 54.7 Å². The maximum atomic E-state index is 13.3. The van der Waals surface area contributed by atoms with Gasteiger partial charge in [0.2, 0.25) is 11.8 Å². The maximum Gasteiger partial charge on any atom is 0.262 e. The van der Waals surface area contributed by atoms with Crippen molar-refractivity contribution in [3.05, 3.63) is 87.7 Å². The summed E-state index contributed by atoms with van der Waals surface area (Å²) in [5, 5.41) is 14.9. The molecule has 2 aromatic carbocycles. The number of amides is 5. The average molecular weight is 781 g/mol. The Hall–Kier alpha value is -5.32. The molecule has 292 valence electrons. The molecule has 5 amide bonds. The molecule has 1 aromatic heterocycles. The third-order valence-electron chi connectivity index (χ3n) is 11.6. The number of aromatic nitrogens is 1. The Balaban J connectivity index is 0.804. The van der Waals surface area contributed by atoms with Gasteiger partial charge in [0.05, 0.1) is 27.3 Å². The van der Waals surface area contributed by atoms with Crippen LogP contribution in [0.4, 0.5) is 0 Å². The Labute approximate surface area is 330 Å². The number of unbranched alkanes of at least 4 members (excludes halogenated alkanes) is 2. The molecular weight excluding hydrogens is 736 g/mol. The number of rotatable bonds is 13. The number of pyridine rings is 1. The van der Waals surface area contributed by atoms with Crippen LogP contribution in [0.25, 0.3) is 0 Å². The zero-order chi connectivity index (χ0) is 39.9. The number of hydrogen-bond acceptors (Lipinski definition) is 10. The predicted molar refractivity (Wildman–Crippen MR) is 205 cm³/mol. The highest BCUT2D eigenvalue weighted by Crippen LogP contribution is 2.55. The van der Waals surface area contributed by atoms with Crippen molar-refractivity contribution in [2.75, 3.05) is 19.6 Å². The molecule has 0 bridgehead atoms. The Morgan fingerprint density at radius 2 is 1.66 bits per heavy atom. The van der Waals surface area contributed by atoms with Gasteiger partial charge in [-0.25, -0.2) is 0 Å². The summed E-state index contributed by atoms with van der Waals surface area (Å²) in [6.45, 7) is 10.7. The maximum absolute atomic E-state index is 13.3. The van der Waals surface area contributed by atoms with Crippen LogP contribution in [0, 0.1) is 22.2 Å². The van der Waals surface area contributed by atoms with Gasteiger partial charge in [-0.15, -0.1) is 0 Å². The number of ether oxygens (including phenoxy) is 2. The second-order valence-electron chi connectivity index (χ2n) is 16.3. The van der Waals surface area contributed by atoms with Crippen LogP contribution in [0.2, 0.25) is 5.02 Å². The highest BCUT2D eigenvalue weighted by atomic mass is 35.5. The monoisotopic (exact) mass is 780 g/mol. The number of likely N-dealkylation sites (tertiary alicyclic amines) is 1. The summed E-state index contributed by atoms with van der Waals surface area (Å²) < 4.78 is 12.4. The van der Waals surface area contributed by atoms with Gasteiger partial charge in [-0.2, -0.15) is 5.26 Å². The lowest BCUT2D eigenvalue weighted by atomic mass is 9.49. The molecule has 56 heavy (non-hydrogen) atoms. The molecule has 0 radical (unpaired) electrons. The molecule has 1 unspecified atom stereocenters. The molecule has 4 heterocycles. The second kappa shape index (κ2) is 15.3. The SMILES string of the molecule is CC1(C)C(NC(=O)c2ccc(CCCCCN3CC(Oc4ccc5c(c4)C(=O)N(C4CCC(=O)NC4=O)C5=O)C3)nc2)C(C)(C)C1Oc1ccc(C#N)c(Cl)c1. The number of imide groups is 2. The van der Waals surface area contributed by atoms with E-state index >= 15 is 0 Å². The van der Waals surface area contributed by atoms with Crippen molar-refractivity contribution in [1.29, 1.82) is 5.26 Å². The number of aryl methyl sites for hydroxylation is 1. The third kappa shape index (κ3) is 7.47. The van der Waals surface area contributed by atoms with Crippen molar-refractivity contribution in [2.24, 2.45) is 10.8 Å². The Bertz CT molecular complexity index is 2110. The van der Waals surface area contributed by atoms with Crippen molar-refractivity contribution >= 4 is 41.1 Å². The summed E-state index contributed by atoms with van der Waals surface area (Å²) in [6, 6.07) is 14.5. The normalized spacial score (nSPS) is 22.7. The molecule has 2 saturated heterocycles. The van der Waals surface area contributed by atoms with Crippen molar-refractivity contribution in [2.45, 2.75) is 90.5 Å². The van der Waals surface area contributed by atoms with E-state index in [9.17, 15) is 29.2 Å². The molecule has 3 fully saturated rings. The Kier molecular flexibility index (Phi) is 10.6. The predicted octanol–water partition coefficient (Wildman–Crippen LogP) is 5.10. The van der Waals surface area contributed by atoms with E-state index in [1.54, 1.807) is 42.6 Å². The van der Waals surface area contributed by atoms with Gasteiger partial charge in [0.15, 0.2) is 0 Å². The zero-order valence-electron chi connectivity index (χ0n) is 31.9. The van der Waals surface area contributed by atoms with E-state index < -0.39 is 29.7 Å². The minimum absolute atomic E-state index is 0.0314. The molecule has 1 atom stereocenters. The van der Waals surface area contributed by atoms with Gasteiger partial charge in [0.1, 0.15) is 35.8 Å². The number of nitrogens with zero attached hydrogens (tertiary/aromatic N) is 4. The smallest absolute Gasteiger partial charge is 0.262 e. The molecule has 1 aliphatic carbocycles. The van der Waals surface area contributed by atoms with Crippen molar-refractivity contribution < 1.29 is 33.4 Å². The van der Waals surface area contributed by atoms with E-state index in [0.717, 1.165) is 55.9 Å². The molecule has 2 N–H and O–H groups in total. The number of carbonyl (C=O) groups is 5. The van der Waals surface area contributed by atoms with Crippen molar-refractivity contribution in [3.8, 4) is 17.6 Å². The van der Waals surface area contributed by atoms with Crippen LogP contribution >= 0.6 is 11.6 Å². The highest BCUT2D eigenvalue weighted by molar-refractivity contribution is 6.31. The van der Waals surface area contributed by atoms with E-state index in [-0.39, 0.29) is 59.0 Å². The van der Waals surface area contributed by atoms with Crippen LogP contribution in [0.5, 0.6) is 11.5 Å². The molecule has 0 spiro atoms. The number of nitriles is 1. The fourth-order valence-corrected chi connectivity index (χ4v) is 9.04. The van der Waals surface area contributed by atoms with Crippen LogP contribution in [-0.2, 0) is 16.0 Å². The van der Waals surface area contributed by atoms with Crippen LogP contribution < -0.4 is 20.1 Å². The fourth-order valence-electron chi connectivity index (χ4n) is 8.83. The molecule has 3 aromatic rings. The van der Waals surface area contributed by atoms with Gasteiger partial charge in [0.25, 0.3) is 17.7 Å². The summed E-state index contributed by atoms with van der Waals surface area (Å²) in [5.74, 6) is -1.23. The molecule has 4 aliphatic rings. The van der Waals surface area contributed by atoms with Crippen molar-refractivity contribution in [1.82, 2.24) is 25.4 Å². The standard InChI is InChI=1S/C42H45ClN6O7/c1-41(2)39(42(3,4)40(41)56-28-12-10-24(20-44)32(43)19-28)47-35(51)25-9-11-26(45-21-25)8-6-5-7-17-48-22-29(23-48)55-27-13-14-30-31(18-27)38(54)49(37(30)53)33-15-16-34(50)46-36(33)52/h9-14,18-19,21,29,33,39-40H,5-8,15-17,22-23H2,1-4H3,(H,47,51)(H,46,50,52). The molecule has 1 saturated carbocycles. The summed E-state index contributed by atoms with van der Waals surface area (Å²) in [6.07, 6.45) is 5.43. The van der Waals surface area contributed by atoms with Gasteiger partial charge in [-0.05, 0) is 74.7 Å². The Morgan fingerprint density at radius 3 is 2.34 bits per heavy atom. The summed E-state index contributed by atoms with van der Waals surface area (Å²) in [4.78, 5) is 71.1. The Morgan fingerprint density at radius 1 is 0.946 bits per heavy atom. The van der Waals surface area contributed by atoms with Gasteiger partial charge in [-0.3, -0.25) is 44.1 Å². The average Bonchev–Trinajstić information content (AvgIpc) is 3.39. The summed E-state index contributed by atoms with van der Waals surface area (Å²) in [7, 11) is 0. The number of nitrogens with one attached hydrogen (secondary N) is 2. The number of halogens is 1. The van der Waals surface area contributed by atoms with E-state index in [1.165, 1.54) is 0 Å². The molecule has 14 heteroatoms. The van der Waals surface area contributed by atoms with Crippen molar-refractivity contribution in [3.63, 3.8) is 0 Å². The quantitative estimate of drug-likeness (QED) is 0.176. The summed E-state index contributed by atoms with van der Waals surface area (Å²) >= 11 is 6.22. The first-order chi connectivity index (χ1) is 26.7. The van der Waals surface area contributed by atoms with Gasteiger partial charge < -0.3 is 14.8 Å². The van der Waals surface area contributed by atoms with Gasteiger partial charge in [-0.1, -0.05) is 45.7 Å². The molecule has 7 rings (SSSR count). The van der Waals surface area contributed by atoms with Crippen LogP contribution in [-0.4, -0.2) is 88.2 Å². The molecule has 3 aliphatic heterocycles.